The molecule has 3 aromatic rings. The molecule has 7 heteroatoms. The molecular weight excluding hydrogens is 436 g/mol. The van der Waals surface area contributed by atoms with Gasteiger partial charge in [-0.15, -0.1) is 11.8 Å². The molecule has 0 aromatic heterocycles. The van der Waals surface area contributed by atoms with Gasteiger partial charge in [0.15, 0.2) is 0 Å². The lowest BCUT2D eigenvalue weighted by atomic mass is 10.1. The minimum Gasteiger partial charge on any atom is -0.478 e. The molecule has 1 atom stereocenters. The molecule has 6 nitrogen and oxygen atoms in total. The zero-order valence-electron chi connectivity index (χ0n) is 18.1. The monoisotopic (exact) mass is 460 g/mol. The van der Waals surface area contributed by atoms with E-state index in [0.717, 1.165) is 34.6 Å². The van der Waals surface area contributed by atoms with Crippen LogP contribution in [0, 0.1) is 12.8 Å². The van der Waals surface area contributed by atoms with Crippen molar-refractivity contribution in [2.75, 3.05) is 10.6 Å². The maximum Gasteiger partial charge on any atom is 0.335 e. The van der Waals surface area contributed by atoms with Crippen LogP contribution in [-0.2, 0) is 9.59 Å². The molecule has 4 rings (SSSR count). The van der Waals surface area contributed by atoms with E-state index < -0.39 is 11.2 Å². The lowest BCUT2D eigenvalue weighted by Gasteiger charge is -2.18. The van der Waals surface area contributed by atoms with Crippen LogP contribution >= 0.6 is 11.8 Å². The average Bonchev–Trinajstić information content (AvgIpc) is 3.66. The van der Waals surface area contributed by atoms with Crippen molar-refractivity contribution in [2.45, 2.75) is 29.9 Å². The molecule has 3 aromatic carbocycles. The van der Waals surface area contributed by atoms with Gasteiger partial charge < -0.3 is 15.7 Å². The number of hydrogen-bond donors (Lipinski definition) is 3. The number of nitrogens with one attached hydrogen (secondary N) is 2. The molecule has 1 fully saturated rings. The van der Waals surface area contributed by atoms with Crippen LogP contribution in [0.3, 0.4) is 0 Å². The standard InChI is InChI=1S/C26H24N2O4S/c1-16-7-8-19(26(31)32)15-22(16)28-25(30)23(17-5-3-2-4-6-17)33-21-13-11-20(12-14-21)27-24(29)18-9-10-18/h2-8,11-15,18,23H,9-10H2,1H3,(H,27,29)(H,28,30)(H,31,32). The van der Waals surface area contributed by atoms with Gasteiger partial charge in [0.2, 0.25) is 11.8 Å². The number of carbonyl (C=O) groups excluding carboxylic acids is 2. The third-order valence-corrected chi connectivity index (χ3v) is 6.67. The summed E-state index contributed by atoms with van der Waals surface area (Å²) in [5.74, 6) is -1.11. The number of carboxylic acid groups (broad SMARTS) is 1. The van der Waals surface area contributed by atoms with Gasteiger partial charge in [-0.25, -0.2) is 4.79 Å². The highest BCUT2D eigenvalue weighted by Gasteiger charge is 2.29. The molecule has 0 radical (unpaired) electrons. The van der Waals surface area contributed by atoms with Gasteiger partial charge in [0, 0.05) is 22.2 Å². The van der Waals surface area contributed by atoms with Gasteiger partial charge in [-0.05, 0) is 67.3 Å². The molecule has 3 N–H and O–H groups in total. The van der Waals surface area contributed by atoms with Crippen LogP contribution < -0.4 is 10.6 Å². The number of carboxylic acids is 1. The maximum absolute atomic E-state index is 13.3. The highest BCUT2D eigenvalue weighted by atomic mass is 32.2. The van der Waals surface area contributed by atoms with Crippen LogP contribution in [0.15, 0.2) is 77.7 Å². The molecule has 168 valence electrons. The van der Waals surface area contributed by atoms with E-state index in [9.17, 15) is 19.5 Å². The molecule has 1 aliphatic carbocycles. The van der Waals surface area contributed by atoms with Crippen LogP contribution in [0.25, 0.3) is 0 Å². The Morgan fingerprint density at radius 1 is 0.939 bits per heavy atom. The van der Waals surface area contributed by atoms with Gasteiger partial charge in [-0.2, -0.15) is 0 Å². The third-order valence-electron chi connectivity index (χ3n) is 5.41. The molecule has 0 saturated heterocycles. The molecule has 1 saturated carbocycles. The Labute approximate surface area is 196 Å². The van der Waals surface area contributed by atoms with Crippen molar-refractivity contribution in [2.24, 2.45) is 5.92 Å². The van der Waals surface area contributed by atoms with Gasteiger partial charge >= 0.3 is 5.97 Å². The van der Waals surface area contributed by atoms with E-state index in [4.69, 9.17) is 0 Å². The number of amides is 2. The Morgan fingerprint density at radius 2 is 1.64 bits per heavy atom. The summed E-state index contributed by atoms with van der Waals surface area (Å²) in [6.45, 7) is 1.82. The molecule has 33 heavy (non-hydrogen) atoms. The number of rotatable bonds is 8. The molecule has 1 unspecified atom stereocenters. The van der Waals surface area contributed by atoms with Crippen molar-refractivity contribution in [1.29, 1.82) is 0 Å². The fourth-order valence-electron chi connectivity index (χ4n) is 3.33. The van der Waals surface area contributed by atoms with Gasteiger partial charge in [0.05, 0.1) is 5.56 Å². The van der Waals surface area contributed by atoms with Crippen molar-refractivity contribution in [3.05, 3.63) is 89.5 Å². The van der Waals surface area contributed by atoms with Gasteiger partial charge in [-0.1, -0.05) is 36.4 Å². The van der Waals surface area contributed by atoms with Crippen LogP contribution in [0.4, 0.5) is 11.4 Å². The van der Waals surface area contributed by atoms with Crippen LogP contribution in [0.1, 0.15) is 39.6 Å². The Kier molecular flexibility index (Phi) is 6.79. The molecule has 1 aliphatic rings. The fourth-order valence-corrected chi connectivity index (χ4v) is 4.36. The minimum absolute atomic E-state index is 0.0518. The number of aryl methyl sites for hydroxylation is 1. The molecule has 0 heterocycles. The first-order valence-corrected chi connectivity index (χ1v) is 11.6. The van der Waals surface area contributed by atoms with E-state index in [1.54, 1.807) is 6.07 Å². The number of thioether (sulfide) groups is 1. The van der Waals surface area contributed by atoms with Crippen molar-refractivity contribution in [3.8, 4) is 0 Å². The van der Waals surface area contributed by atoms with Gasteiger partial charge in [0.25, 0.3) is 0 Å². The van der Waals surface area contributed by atoms with Crippen LogP contribution in [0.2, 0.25) is 0 Å². The smallest absolute Gasteiger partial charge is 0.335 e. The molecule has 0 bridgehead atoms. The highest BCUT2D eigenvalue weighted by Crippen LogP contribution is 2.37. The van der Waals surface area contributed by atoms with Crippen molar-refractivity contribution in [3.63, 3.8) is 0 Å². The van der Waals surface area contributed by atoms with Crippen molar-refractivity contribution in [1.82, 2.24) is 0 Å². The summed E-state index contributed by atoms with van der Waals surface area (Å²) in [5, 5.41) is 14.6. The molecule has 0 spiro atoms. The summed E-state index contributed by atoms with van der Waals surface area (Å²) in [7, 11) is 0. The van der Waals surface area contributed by atoms with Gasteiger partial charge in [-0.3, -0.25) is 9.59 Å². The summed E-state index contributed by atoms with van der Waals surface area (Å²) in [5.41, 5.74) is 2.93. The van der Waals surface area contributed by atoms with E-state index in [1.807, 2.05) is 61.5 Å². The Bertz CT molecular complexity index is 1170. The van der Waals surface area contributed by atoms with E-state index in [2.05, 4.69) is 10.6 Å². The van der Waals surface area contributed by atoms with Gasteiger partial charge in [0.1, 0.15) is 5.25 Å². The second-order valence-electron chi connectivity index (χ2n) is 8.02. The minimum atomic E-state index is -1.05. The van der Waals surface area contributed by atoms with Crippen molar-refractivity contribution >= 4 is 40.9 Å². The van der Waals surface area contributed by atoms with E-state index >= 15 is 0 Å². The number of benzene rings is 3. The fraction of sp³-hybridized carbons (Fsp3) is 0.192. The third kappa shape index (κ3) is 5.81. The molecule has 2 amide bonds. The number of hydrogen-bond acceptors (Lipinski definition) is 4. The zero-order valence-corrected chi connectivity index (χ0v) is 18.9. The first-order chi connectivity index (χ1) is 15.9. The Hall–Kier alpha value is -3.58. The highest BCUT2D eigenvalue weighted by molar-refractivity contribution is 8.00. The second-order valence-corrected chi connectivity index (χ2v) is 9.20. The second kappa shape index (κ2) is 9.92. The summed E-state index contributed by atoms with van der Waals surface area (Å²) >= 11 is 1.39. The van der Waals surface area contributed by atoms with Crippen molar-refractivity contribution < 1.29 is 19.5 Å². The summed E-state index contributed by atoms with van der Waals surface area (Å²) < 4.78 is 0. The maximum atomic E-state index is 13.3. The lowest BCUT2D eigenvalue weighted by molar-refractivity contribution is -0.117. The van der Waals surface area contributed by atoms with Crippen LogP contribution in [0.5, 0.6) is 0 Å². The number of anilines is 2. The predicted octanol–water partition coefficient (Wildman–Crippen LogP) is 5.51. The topological polar surface area (TPSA) is 95.5 Å². The Balaban J connectivity index is 1.53. The average molecular weight is 461 g/mol. The van der Waals surface area contributed by atoms with E-state index in [-0.39, 0.29) is 23.3 Å². The predicted molar refractivity (Wildman–Crippen MR) is 130 cm³/mol. The SMILES string of the molecule is Cc1ccc(C(=O)O)cc1NC(=O)C(Sc1ccc(NC(=O)C2CC2)cc1)c1ccccc1. The molecule has 0 aliphatic heterocycles. The summed E-state index contributed by atoms with van der Waals surface area (Å²) in [6.07, 6.45) is 1.89. The number of carbonyl (C=O) groups is 3. The summed E-state index contributed by atoms with van der Waals surface area (Å²) in [6, 6.07) is 21.5. The quantitative estimate of drug-likeness (QED) is 0.385. The Morgan fingerprint density at radius 3 is 2.27 bits per heavy atom. The first-order valence-electron chi connectivity index (χ1n) is 10.7. The first kappa shape index (κ1) is 22.6. The number of aromatic carboxylic acids is 1. The van der Waals surface area contributed by atoms with E-state index in [0.29, 0.717) is 5.69 Å². The van der Waals surface area contributed by atoms with E-state index in [1.165, 1.54) is 23.9 Å². The molecular formula is C26H24N2O4S. The largest absolute Gasteiger partial charge is 0.478 e. The normalized spacial score (nSPS) is 13.7. The zero-order chi connectivity index (χ0) is 23.4. The van der Waals surface area contributed by atoms with Crippen LogP contribution in [-0.4, -0.2) is 22.9 Å². The summed E-state index contributed by atoms with van der Waals surface area (Å²) in [4.78, 5) is 37.5. The lowest BCUT2D eigenvalue weighted by Crippen LogP contribution is -2.20.